The van der Waals surface area contributed by atoms with E-state index in [0.29, 0.717) is 35.5 Å². The Kier molecular flexibility index (Phi) is 38.6. The molecule has 0 aliphatic heterocycles. The molecule has 0 spiro atoms. The van der Waals surface area contributed by atoms with Gasteiger partial charge in [0.1, 0.15) is 0 Å². The van der Waals surface area contributed by atoms with Crippen molar-refractivity contribution in [3.63, 3.8) is 0 Å². The van der Waals surface area contributed by atoms with Gasteiger partial charge in [-0.1, -0.05) is 83.1 Å². The number of hydrogen-bond acceptors (Lipinski definition) is 6. The molecule has 0 aliphatic carbocycles. The highest BCUT2D eigenvalue weighted by atomic mass is 16.3. The fourth-order valence-electron chi connectivity index (χ4n) is 0. The molecule has 5 unspecified atom stereocenters. The molecule has 0 saturated heterocycles. The lowest BCUT2D eigenvalue weighted by atomic mass is 9.95. The Morgan fingerprint density at radius 1 is 0.324 bits per heavy atom. The van der Waals surface area contributed by atoms with Gasteiger partial charge in [-0.05, 0) is 84.0 Å². The van der Waals surface area contributed by atoms with E-state index in [1.54, 1.807) is 34.6 Å². The van der Waals surface area contributed by atoms with Crippen molar-refractivity contribution in [1.29, 1.82) is 0 Å². The van der Waals surface area contributed by atoms with Crippen molar-refractivity contribution < 1.29 is 30.6 Å². The summed E-state index contributed by atoms with van der Waals surface area (Å²) in [5, 5.41) is 52.2. The summed E-state index contributed by atoms with van der Waals surface area (Å²) < 4.78 is 0. The van der Waals surface area contributed by atoms with Crippen LogP contribution in [0.15, 0.2) is 0 Å². The summed E-state index contributed by atoms with van der Waals surface area (Å²) in [7, 11) is 0. The number of aliphatic hydroxyl groups excluding tert-OH is 5. The van der Waals surface area contributed by atoms with E-state index in [2.05, 4.69) is 0 Å². The van der Waals surface area contributed by atoms with Gasteiger partial charge in [0.2, 0.25) is 0 Å². The van der Waals surface area contributed by atoms with Crippen LogP contribution in [0.25, 0.3) is 0 Å². The maximum absolute atomic E-state index is 9.09. The summed E-state index contributed by atoms with van der Waals surface area (Å²) in [6.07, 6.45) is -0.741. The van der Waals surface area contributed by atoms with E-state index in [1.165, 1.54) is 0 Å². The first kappa shape index (κ1) is 49.7. The van der Waals surface area contributed by atoms with Crippen LogP contribution >= 0.6 is 0 Å². The fourth-order valence-corrected chi connectivity index (χ4v) is 0. The summed E-state index contributed by atoms with van der Waals surface area (Å²) in [5.74, 6) is 2.39. The molecule has 0 aliphatic rings. The van der Waals surface area contributed by atoms with E-state index in [-0.39, 0.29) is 30.5 Å². The summed E-state index contributed by atoms with van der Waals surface area (Å²) in [4.78, 5) is 0. The van der Waals surface area contributed by atoms with Gasteiger partial charge in [-0.3, -0.25) is 0 Å². The lowest BCUT2D eigenvalue weighted by Crippen LogP contribution is -2.25. The Balaban J connectivity index is -0.0000000780. The van der Waals surface area contributed by atoms with E-state index in [1.807, 2.05) is 96.9 Å². The molecule has 0 aromatic rings. The first-order valence-corrected chi connectivity index (χ1v) is 14.3. The van der Waals surface area contributed by atoms with Crippen molar-refractivity contribution in [3.8, 4) is 0 Å². The molecule has 0 heterocycles. The van der Waals surface area contributed by atoms with E-state index >= 15 is 0 Å². The minimum Gasteiger partial charge on any atom is -0.393 e. The zero-order chi connectivity index (χ0) is 31.9. The largest absolute Gasteiger partial charge is 0.393 e. The molecule has 6 heteroatoms. The average Bonchev–Trinajstić information content (AvgIpc) is 2.69. The van der Waals surface area contributed by atoms with Crippen LogP contribution in [-0.4, -0.2) is 66.8 Å². The molecule has 0 aromatic carbocycles. The maximum atomic E-state index is 9.09. The monoisotopic (exact) mass is 543 g/mol. The smallest absolute Gasteiger partial charge is 0.0614 e. The van der Waals surface area contributed by atoms with Gasteiger partial charge < -0.3 is 30.6 Å². The Hall–Kier alpha value is -0.240. The Labute approximate surface area is 233 Å². The second kappa shape index (κ2) is 28.8. The Morgan fingerprint density at radius 2 is 0.378 bits per heavy atom. The van der Waals surface area contributed by atoms with Gasteiger partial charge in [0, 0.05) is 0 Å². The molecule has 0 rings (SSSR count). The summed E-state index contributed by atoms with van der Waals surface area (Å²) in [6.45, 7) is 36.5. The minimum atomic E-state index is -0.500. The van der Waals surface area contributed by atoms with E-state index in [4.69, 9.17) is 30.6 Å². The maximum Gasteiger partial charge on any atom is 0.0614 e. The van der Waals surface area contributed by atoms with Gasteiger partial charge in [0.25, 0.3) is 0 Å². The fraction of sp³-hybridized carbons (Fsp3) is 1.00. The first-order chi connectivity index (χ1) is 16.2. The lowest BCUT2D eigenvalue weighted by Gasteiger charge is -2.21. The van der Waals surface area contributed by atoms with Crippen LogP contribution in [0.2, 0.25) is 0 Å². The predicted octanol–water partition coefficient (Wildman–Crippen LogP) is 6.53. The van der Waals surface area contributed by atoms with Crippen LogP contribution in [0.5, 0.6) is 0 Å². The molecule has 6 N–H and O–H groups in total. The molecule has 5 atom stereocenters. The molecular formula is C31H74O6. The van der Waals surface area contributed by atoms with Crippen LogP contribution in [-0.2, 0) is 0 Å². The van der Waals surface area contributed by atoms with E-state index in [0.717, 1.165) is 0 Å². The van der Waals surface area contributed by atoms with Gasteiger partial charge in [-0.25, -0.2) is 0 Å². The van der Waals surface area contributed by atoms with Crippen molar-refractivity contribution in [3.05, 3.63) is 0 Å². The van der Waals surface area contributed by atoms with Crippen LogP contribution in [0.4, 0.5) is 0 Å². The topological polar surface area (TPSA) is 121 Å². The SMILES string of the molecule is CC(C)C(C)(C)O.CC(C)C(C)O.CC(C)C(C)O.CC(C)C(C)O.CC(C)C(C)O.CC(C)C(C)O. The predicted molar refractivity (Wildman–Crippen MR) is 164 cm³/mol. The molecule has 0 aromatic heterocycles. The van der Waals surface area contributed by atoms with Crippen molar-refractivity contribution in [2.24, 2.45) is 35.5 Å². The standard InChI is InChI=1S/C6H14O.5C5H12O/c1-5(2)6(3,4)7;5*1-4(2)5(3)6/h5,7H,1-4H3;5*4-6H,1-3H3. The lowest BCUT2D eigenvalue weighted by molar-refractivity contribution is 0.0327. The summed E-state index contributed by atoms with van der Waals surface area (Å²) in [5.41, 5.74) is -0.500. The van der Waals surface area contributed by atoms with Gasteiger partial charge >= 0.3 is 0 Å². The molecule has 0 bridgehead atoms. The van der Waals surface area contributed by atoms with Crippen molar-refractivity contribution in [1.82, 2.24) is 0 Å². The molecule has 0 amide bonds. The van der Waals surface area contributed by atoms with Gasteiger partial charge in [0.05, 0.1) is 36.1 Å². The van der Waals surface area contributed by atoms with Crippen molar-refractivity contribution >= 4 is 0 Å². The highest BCUT2D eigenvalue weighted by Gasteiger charge is 2.16. The van der Waals surface area contributed by atoms with Crippen LogP contribution < -0.4 is 0 Å². The highest BCUT2D eigenvalue weighted by Crippen LogP contribution is 2.13. The van der Waals surface area contributed by atoms with Crippen LogP contribution in [0.1, 0.15) is 132 Å². The molecule has 0 saturated carbocycles. The summed E-state index contributed by atoms with van der Waals surface area (Å²) >= 11 is 0. The number of hydrogen-bond donors (Lipinski definition) is 6. The Morgan fingerprint density at radius 3 is 0.378 bits per heavy atom. The van der Waals surface area contributed by atoms with Gasteiger partial charge in [0.15, 0.2) is 0 Å². The van der Waals surface area contributed by atoms with E-state index < -0.39 is 5.60 Å². The summed E-state index contributed by atoms with van der Waals surface area (Å²) in [6, 6.07) is 0. The third-order valence-electron chi connectivity index (χ3n) is 6.24. The molecule has 234 valence electrons. The second-order valence-corrected chi connectivity index (χ2v) is 12.7. The van der Waals surface area contributed by atoms with Crippen LogP contribution in [0.3, 0.4) is 0 Å². The van der Waals surface area contributed by atoms with Crippen LogP contribution in [0, 0.1) is 35.5 Å². The molecule has 0 radical (unpaired) electrons. The highest BCUT2D eigenvalue weighted by molar-refractivity contribution is 4.68. The average molecular weight is 543 g/mol. The van der Waals surface area contributed by atoms with Gasteiger partial charge in [-0.2, -0.15) is 0 Å². The molecular weight excluding hydrogens is 468 g/mol. The zero-order valence-corrected chi connectivity index (χ0v) is 28.5. The zero-order valence-electron chi connectivity index (χ0n) is 28.5. The Bertz CT molecular complexity index is 305. The third kappa shape index (κ3) is 61.4. The van der Waals surface area contributed by atoms with Gasteiger partial charge in [-0.15, -0.1) is 0 Å². The molecule has 6 nitrogen and oxygen atoms in total. The molecule has 0 fully saturated rings. The second-order valence-electron chi connectivity index (χ2n) is 12.7. The van der Waals surface area contributed by atoms with E-state index in [9.17, 15) is 0 Å². The normalized spacial score (nSPS) is 15.0. The third-order valence-corrected chi connectivity index (χ3v) is 6.24. The molecule has 37 heavy (non-hydrogen) atoms. The minimum absolute atomic E-state index is 0.148. The number of aliphatic hydroxyl groups is 6. The number of rotatable bonds is 6. The quantitative estimate of drug-likeness (QED) is 0.227. The van der Waals surface area contributed by atoms with Crippen molar-refractivity contribution in [2.75, 3.05) is 0 Å². The first-order valence-electron chi connectivity index (χ1n) is 14.3. The van der Waals surface area contributed by atoms with Crippen molar-refractivity contribution in [2.45, 2.75) is 168 Å².